The molecule has 1 aromatic heterocycles. The predicted molar refractivity (Wildman–Crippen MR) is 236 cm³/mol. The molecule has 4 heterocycles. The molecule has 2 aromatic carbocycles. The van der Waals surface area contributed by atoms with Crippen LogP contribution in [-0.2, 0) is 38.3 Å². The summed E-state index contributed by atoms with van der Waals surface area (Å²) >= 11 is 6.51. The Labute approximate surface area is 365 Å². The zero-order valence-electron chi connectivity index (χ0n) is 36.2. The number of likely N-dealkylation sites (tertiary alicyclic amines) is 1. The monoisotopic (exact) mass is 877 g/mol. The van der Waals surface area contributed by atoms with E-state index in [0.29, 0.717) is 37.5 Å². The lowest BCUT2D eigenvalue weighted by molar-refractivity contribution is 0.000443. The molecule has 1 spiro atoms. The fourth-order valence-corrected chi connectivity index (χ4v) is 12.0. The van der Waals surface area contributed by atoms with Gasteiger partial charge in [-0.1, -0.05) is 36.7 Å². The fourth-order valence-electron chi connectivity index (χ4n) is 9.89. The van der Waals surface area contributed by atoms with Gasteiger partial charge in [-0.2, -0.15) is 0 Å². The smallest absolute Gasteiger partial charge is 0.286 e. The molecule has 5 aliphatic rings. The topological polar surface area (TPSA) is 140 Å². The molecule has 14 nitrogen and oxygen atoms in total. The number of aromatic nitrogens is 2. The molecule has 7 atom stereocenters. The van der Waals surface area contributed by atoms with E-state index in [1.54, 1.807) is 20.2 Å². The molecule has 0 radical (unpaired) electrons. The van der Waals surface area contributed by atoms with Crippen LogP contribution in [0.15, 0.2) is 59.1 Å². The van der Waals surface area contributed by atoms with Crippen molar-refractivity contribution in [3.63, 3.8) is 0 Å². The van der Waals surface area contributed by atoms with Crippen LogP contribution in [0, 0.1) is 17.8 Å². The second-order valence-electron chi connectivity index (χ2n) is 17.9. The zero-order chi connectivity index (χ0) is 43.1. The van der Waals surface area contributed by atoms with Crippen LogP contribution in [0.25, 0.3) is 0 Å². The Morgan fingerprint density at radius 3 is 2.64 bits per heavy atom. The Balaban J connectivity index is 1.17. The molecule has 2 bridgehead atoms. The predicted octanol–water partition coefficient (Wildman–Crippen LogP) is 5.39. The first-order valence-corrected chi connectivity index (χ1v) is 23.5. The third-order valence-electron chi connectivity index (χ3n) is 13.6. The second-order valence-corrected chi connectivity index (χ2v) is 20.4. The summed E-state index contributed by atoms with van der Waals surface area (Å²) in [6, 6.07) is 12.0. The number of carbonyl (C=O) groups excluding carboxylic acids is 2. The van der Waals surface area contributed by atoms with Crippen LogP contribution in [0.1, 0.15) is 64.4 Å². The molecule has 2 amide bonds. The standard InChI is InChI=1S/C45H60ClN7O7S/c1-29-26-61(56,49-43(55)36-25-51(4)47-44(36)58-6)48-42(54)31-10-14-41-38(21-31)53(27-45(28-60-41)17-7-8-30-20-33(46)11-13-37(30)45)22-32-9-12-35(32)40(57-5)16-15-39(29)59-19-18-52-23-34(24-52)50(2)3/h10-11,13-16,20-21,25,29,32,34-35,39-40H,7-9,12,17-19,22-24,26-28H2,1-6H3,(H,48,49,54,55,56)/b16-15-/t29-,32+,35-,39+,40+,45+,61?/m1/s1. The van der Waals surface area contributed by atoms with Gasteiger partial charge in [-0.3, -0.25) is 23.9 Å². The van der Waals surface area contributed by atoms with Crippen molar-refractivity contribution in [3.05, 3.63) is 82.0 Å². The molecule has 1 saturated heterocycles. The summed E-state index contributed by atoms with van der Waals surface area (Å²) in [5, 5.41) is 4.93. The van der Waals surface area contributed by atoms with Gasteiger partial charge < -0.3 is 28.7 Å². The molecule has 3 aromatic rings. The normalized spacial score (nSPS) is 29.9. The Kier molecular flexibility index (Phi) is 12.9. The molecule has 2 fully saturated rings. The van der Waals surface area contributed by atoms with E-state index >= 15 is 4.21 Å². The number of benzene rings is 2. The maximum Gasteiger partial charge on any atom is 0.286 e. The van der Waals surface area contributed by atoms with Gasteiger partial charge in [0.15, 0.2) is 0 Å². The van der Waals surface area contributed by atoms with Crippen molar-refractivity contribution < 1.29 is 32.7 Å². The van der Waals surface area contributed by atoms with Gasteiger partial charge in [0.25, 0.3) is 11.8 Å². The third kappa shape index (κ3) is 9.24. The summed E-state index contributed by atoms with van der Waals surface area (Å²) in [7, 11) is 5.24. The first kappa shape index (κ1) is 43.7. The highest BCUT2D eigenvalue weighted by Crippen LogP contribution is 2.47. The van der Waals surface area contributed by atoms with Crippen molar-refractivity contribution in [1.82, 2.24) is 24.3 Å². The van der Waals surface area contributed by atoms with E-state index in [2.05, 4.69) is 61.2 Å². The fraction of sp³-hybridized carbons (Fsp3) is 0.578. The number of nitrogens with zero attached hydrogens (tertiary/aromatic N) is 6. The van der Waals surface area contributed by atoms with E-state index in [9.17, 15) is 9.59 Å². The maximum absolute atomic E-state index is 15.2. The number of hydrogen-bond donors (Lipinski definition) is 1. The van der Waals surface area contributed by atoms with Crippen LogP contribution in [0.2, 0.25) is 5.02 Å². The number of nitrogens with one attached hydrogen (secondary N) is 1. The van der Waals surface area contributed by atoms with Crippen LogP contribution < -0.4 is 19.1 Å². The number of ether oxygens (including phenoxy) is 4. The number of hydrogen-bond acceptors (Lipinski definition) is 11. The first-order chi connectivity index (χ1) is 29.3. The Hall–Kier alpha value is -3.99. The van der Waals surface area contributed by atoms with Gasteiger partial charge >= 0.3 is 0 Å². The van der Waals surface area contributed by atoms with Crippen molar-refractivity contribution in [2.24, 2.45) is 29.2 Å². The van der Waals surface area contributed by atoms with Crippen LogP contribution in [0.4, 0.5) is 5.69 Å². The molecule has 2 aliphatic carbocycles. The molecular weight excluding hydrogens is 818 g/mol. The highest BCUT2D eigenvalue weighted by molar-refractivity contribution is 7.92. The van der Waals surface area contributed by atoms with E-state index in [1.165, 1.54) is 29.1 Å². The largest absolute Gasteiger partial charge is 0.490 e. The Bertz CT molecular complexity index is 2270. The van der Waals surface area contributed by atoms with E-state index in [-0.39, 0.29) is 40.2 Å². The molecule has 8 rings (SSSR count). The highest BCUT2D eigenvalue weighted by atomic mass is 35.5. The minimum absolute atomic E-state index is 0.0643. The Morgan fingerprint density at radius 1 is 1.10 bits per heavy atom. The third-order valence-corrected chi connectivity index (χ3v) is 15.7. The first-order valence-electron chi connectivity index (χ1n) is 21.5. The van der Waals surface area contributed by atoms with Crippen LogP contribution in [-0.4, -0.2) is 134 Å². The number of rotatable bonds is 9. The van der Waals surface area contributed by atoms with Crippen molar-refractivity contribution in [2.75, 3.05) is 84.9 Å². The van der Waals surface area contributed by atoms with Crippen LogP contribution in [0.3, 0.4) is 0 Å². The quantitative estimate of drug-likeness (QED) is 0.277. The highest BCUT2D eigenvalue weighted by Gasteiger charge is 2.45. The van der Waals surface area contributed by atoms with E-state index in [0.717, 1.165) is 69.0 Å². The summed E-state index contributed by atoms with van der Waals surface area (Å²) in [4.78, 5) is 35.3. The molecule has 1 unspecified atom stereocenters. The molecular formula is C45H60ClN7O7S. The summed E-state index contributed by atoms with van der Waals surface area (Å²) in [5.41, 5.74) is 3.31. The summed E-state index contributed by atoms with van der Waals surface area (Å²) in [6.07, 6.45) is 9.86. The van der Waals surface area contributed by atoms with Gasteiger partial charge in [0.05, 0.1) is 44.0 Å². The van der Waals surface area contributed by atoms with Crippen LogP contribution >= 0.6 is 11.6 Å². The number of carbonyl (C=O) groups is 2. The summed E-state index contributed by atoms with van der Waals surface area (Å²) in [6.45, 7) is 6.93. The number of halogens is 1. The lowest BCUT2D eigenvalue weighted by atomic mass is 9.68. The minimum Gasteiger partial charge on any atom is -0.490 e. The van der Waals surface area contributed by atoms with Gasteiger partial charge in [-0.25, -0.2) is 4.21 Å². The molecule has 16 heteroatoms. The maximum atomic E-state index is 15.2. The van der Waals surface area contributed by atoms with Crippen molar-refractivity contribution in [2.45, 2.75) is 62.7 Å². The molecule has 330 valence electrons. The summed E-state index contributed by atoms with van der Waals surface area (Å²) < 4.78 is 48.6. The van der Waals surface area contributed by atoms with Gasteiger partial charge in [0, 0.05) is 81.0 Å². The lowest BCUT2D eigenvalue weighted by Crippen LogP contribution is -2.57. The molecule has 3 aliphatic heterocycles. The SMILES string of the molecule is COc1nn(C)cc1C(=O)NS1(=O)=NC(=O)c2ccc3c(c2)N(C[C@@H]2CC[C@H]2[C@@H](OC)/C=C\[C@H](OCCN2CC(N(C)C)C2)[C@H](C)C1)C[C@@]1(CCCc2cc(Cl)ccc21)CO3. The van der Waals surface area contributed by atoms with E-state index in [4.69, 9.17) is 30.5 Å². The number of fused-ring (bicyclic) bond motifs is 4. The van der Waals surface area contributed by atoms with E-state index in [1.807, 2.05) is 31.2 Å². The van der Waals surface area contributed by atoms with Crippen LogP contribution in [0.5, 0.6) is 11.6 Å². The van der Waals surface area contributed by atoms with Gasteiger partial charge in [0.1, 0.15) is 21.2 Å². The average Bonchev–Trinajstić information content (AvgIpc) is 3.52. The van der Waals surface area contributed by atoms with Crippen molar-refractivity contribution in [3.8, 4) is 11.6 Å². The van der Waals surface area contributed by atoms with Crippen molar-refractivity contribution in [1.29, 1.82) is 0 Å². The number of likely N-dealkylation sites (N-methyl/N-ethyl adjacent to an activating group) is 1. The van der Waals surface area contributed by atoms with Gasteiger partial charge in [-0.15, -0.1) is 9.46 Å². The number of anilines is 1. The second kappa shape index (κ2) is 18.0. The van der Waals surface area contributed by atoms with Gasteiger partial charge in [0.2, 0.25) is 5.88 Å². The minimum atomic E-state index is -3.77. The Morgan fingerprint density at radius 2 is 1.90 bits per heavy atom. The average molecular weight is 879 g/mol. The lowest BCUT2D eigenvalue weighted by Gasteiger charge is -2.46. The zero-order valence-corrected chi connectivity index (χ0v) is 37.8. The summed E-state index contributed by atoms with van der Waals surface area (Å²) in [5.74, 6) is -0.724. The molecule has 1 saturated carbocycles. The van der Waals surface area contributed by atoms with E-state index < -0.39 is 33.8 Å². The number of aryl methyl sites for hydroxylation is 2. The number of methoxy groups -OCH3 is 2. The molecule has 1 N–H and O–H groups in total. The number of amides is 2. The van der Waals surface area contributed by atoms with Gasteiger partial charge in [-0.05, 0) is 99.5 Å². The van der Waals surface area contributed by atoms with Crippen molar-refractivity contribution >= 4 is 39.0 Å². The molecule has 61 heavy (non-hydrogen) atoms.